The second-order valence-corrected chi connectivity index (χ2v) is 4.20. The molecule has 19 heavy (non-hydrogen) atoms. The Hall–Kier alpha value is -2.07. The quantitative estimate of drug-likeness (QED) is 0.857. The number of aliphatic hydroxyl groups is 1. The average molecular weight is 260 g/mol. The van der Waals surface area contributed by atoms with Crippen molar-refractivity contribution >= 4 is 16.7 Å². The number of hydrogen-bond donors (Lipinski definition) is 1. The number of methoxy groups -OCH3 is 1. The summed E-state index contributed by atoms with van der Waals surface area (Å²) in [4.78, 5) is 11.4. The van der Waals surface area contributed by atoms with E-state index in [1.54, 1.807) is 13.0 Å². The number of fused-ring (bicyclic) bond motifs is 1. The summed E-state index contributed by atoms with van der Waals surface area (Å²) in [5.74, 6) is 0.0520. The van der Waals surface area contributed by atoms with Gasteiger partial charge in [0.05, 0.1) is 13.7 Å². The molecule has 0 aliphatic rings. The summed E-state index contributed by atoms with van der Waals surface area (Å²) in [6.45, 7) is 1.47. The van der Waals surface area contributed by atoms with Crippen LogP contribution in [0.2, 0.25) is 0 Å². The number of carbonyl (C=O) groups excluding carboxylic acids is 1. The van der Waals surface area contributed by atoms with Gasteiger partial charge in [-0.1, -0.05) is 30.3 Å². The van der Waals surface area contributed by atoms with Crippen LogP contribution in [-0.4, -0.2) is 24.3 Å². The van der Waals surface area contributed by atoms with Crippen LogP contribution in [0.4, 0.5) is 0 Å². The maximum Gasteiger partial charge on any atom is 0.346 e. The molecule has 4 heteroatoms. The van der Waals surface area contributed by atoms with Gasteiger partial charge in [0.25, 0.3) is 0 Å². The second kappa shape index (κ2) is 5.71. The first-order valence-corrected chi connectivity index (χ1v) is 6.03. The lowest BCUT2D eigenvalue weighted by Gasteiger charge is -2.16. The highest BCUT2D eigenvalue weighted by atomic mass is 16.6. The number of rotatable bonds is 4. The summed E-state index contributed by atoms with van der Waals surface area (Å²) in [6, 6.07) is 11.4. The van der Waals surface area contributed by atoms with Crippen LogP contribution < -0.4 is 4.74 Å². The molecule has 4 nitrogen and oxygen atoms in total. The molecule has 0 saturated heterocycles. The van der Waals surface area contributed by atoms with Crippen molar-refractivity contribution in [3.8, 4) is 5.75 Å². The first-order valence-electron chi connectivity index (χ1n) is 6.03. The first-order chi connectivity index (χ1) is 9.17. The number of hydrogen-bond acceptors (Lipinski definition) is 4. The molecule has 0 aliphatic carbocycles. The van der Waals surface area contributed by atoms with Crippen LogP contribution >= 0.6 is 0 Å². The number of aliphatic hydroxyl groups excluding tert-OH is 1. The van der Waals surface area contributed by atoms with E-state index in [-0.39, 0.29) is 6.61 Å². The van der Waals surface area contributed by atoms with Crippen LogP contribution in [0.25, 0.3) is 10.8 Å². The van der Waals surface area contributed by atoms with Gasteiger partial charge in [0.15, 0.2) is 6.10 Å². The molecule has 0 saturated carbocycles. The van der Waals surface area contributed by atoms with Gasteiger partial charge in [0.1, 0.15) is 5.75 Å². The van der Waals surface area contributed by atoms with Crippen molar-refractivity contribution in [1.29, 1.82) is 0 Å². The summed E-state index contributed by atoms with van der Waals surface area (Å²) < 4.78 is 10.2. The Morgan fingerprint density at radius 1 is 1.26 bits per heavy atom. The van der Waals surface area contributed by atoms with Crippen molar-refractivity contribution in [1.82, 2.24) is 0 Å². The van der Waals surface area contributed by atoms with Crippen molar-refractivity contribution in [2.45, 2.75) is 19.6 Å². The average Bonchev–Trinajstić information content (AvgIpc) is 2.46. The maximum atomic E-state index is 11.4. The molecule has 2 aromatic rings. The van der Waals surface area contributed by atoms with E-state index in [0.717, 1.165) is 10.8 Å². The molecular weight excluding hydrogens is 244 g/mol. The first kappa shape index (κ1) is 13.4. The van der Waals surface area contributed by atoms with Crippen LogP contribution in [-0.2, 0) is 16.1 Å². The van der Waals surface area contributed by atoms with Crippen LogP contribution in [0.3, 0.4) is 0 Å². The van der Waals surface area contributed by atoms with Gasteiger partial charge in [0, 0.05) is 5.56 Å². The highest BCUT2D eigenvalue weighted by Gasteiger charge is 2.17. The van der Waals surface area contributed by atoms with Crippen molar-refractivity contribution in [3.63, 3.8) is 0 Å². The zero-order valence-electron chi connectivity index (χ0n) is 10.9. The Morgan fingerprint density at radius 2 is 2.00 bits per heavy atom. The minimum absolute atomic E-state index is 0.148. The number of ether oxygens (including phenoxy) is 2. The monoisotopic (exact) mass is 260 g/mol. The van der Waals surface area contributed by atoms with E-state index in [0.29, 0.717) is 11.3 Å². The molecule has 2 aromatic carbocycles. The Balaban J connectivity index is 2.40. The predicted molar refractivity (Wildman–Crippen MR) is 72.0 cm³/mol. The third kappa shape index (κ3) is 2.69. The van der Waals surface area contributed by atoms with Crippen molar-refractivity contribution < 1.29 is 19.4 Å². The minimum Gasteiger partial charge on any atom is -0.479 e. The lowest BCUT2D eigenvalue weighted by Crippen LogP contribution is -2.25. The normalized spacial score (nSPS) is 12.2. The molecule has 0 bridgehead atoms. The fraction of sp³-hybridized carbons (Fsp3) is 0.267. The van der Waals surface area contributed by atoms with Crippen LogP contribution in [0.5, 0.6) is 5.75 Å². The van der Waals surface area contributed by atoms with Crippen molar-refractivity contribution in [2.75, 3.05) is 7.11 Å². The maximum absolute atomic E-state index is 11.4. The summed E-state index contributed by atoms with van der Waals surface area (Å²) >= 11 is 0. The summed E-state index contributed by atoms with van der Waals surface area (Å²) in [5, 5.41) is 11.5. The molecule has 1 unspecified atom stereocenters. The van der Waals surface area contributed by atoms with Crippen molar-refractivity contribution in [3.05, 3.63) is 42.0 Å². The molecule has 0 spiro atoms. The fourth-order valence-electron chi connectivity index (χ4n) is 1.99. The lowest BCUT2D eigenvalue weighted by atomic mass is 10.0. The topological polar surface area (TPSA) is 55.8 Å². The minimum atomic E-state index is -0.712. The van der Waals surface area contributed by atoms with E-state index < -0.39 is 12.1 Å². The van der Waals surface area contributed by atoms with Gasteiger partial charge >= 0.3 is 5.97 Å². The van der Waals surface area contributed by atoms with Gasteiger partial charge in [-0.25, -0.2) is 4.79 Å². The Labute approximate surface area is 111 Å². The molecule has 100 valence electrons. The molecule has 0 heterocycles. The third-order valence-corrected chi connectivity index (χ3v) is 2.99. The smallest absolute Gasteiger partial charge is 0.346 e. The number of benzene rings is 2. The largest absolute Gasteiger partial charge is 0.479 e. The Bertz CT molecular complexity index is 592. The summed E-state index contributed by atoms with van der Waals surface area (Å²) in [5.41, 5.74) is 0.675. The molecule has 0 aromatic heterocycles. The molecule has 2 rings (SSSR count). The Morgan fingerprint density at radius 3 is 2.68 bits per heavy atom. The fourth-order valence-corrected chi connectivity index (χ4v) is 1.99. The molecule has 0 amide bonds. The predicted octanol–water partition coefficient (Wildman–Crippen LogP) is 2.27. The molecule has 1 N–H and O–H groups in total. The SMILES string of the molecule is COC(=O)C(C)Oc1ccc2ccccc2c1CO. The standard InChI is InChI=1S/C15H16O4/c1-10(15(17)18-2)19-14-8-7-11-5-3-4-6-12(11)13(14)9-16/h3-8,10,16H,9H2,1-2H3. The number of carbonyl (C=O) groups is 1. The zero-order valence-corrected chi connectivity index (χ0v) is 10.9. The second-order valence-electron chi connectivity index (χ2n) is 4.20. The van der Waals surface area contributed by atoms with Gasteiger partial charge in [-0.2, -0.15) is 0 Å². The van der Waals surface area contributed by atoms with E-state index in [4.69, 9.17) is 4.74 Å². The van der Waals surface area contributed by atoms with Gasteiger partial charge in [0.2, 0.25) is 0 Å². The molecule has 0 radical (unpaired) electrons. The van der Waals surface area contributed by atoms with Crippen LogP contribution in [0.15, 0.2) is 36.4 Å². The van der Waals surface area contributed by atoms with Crippen LogP contribution in [0.1, 0.15) is 12.5 Å². The molecule has 0 aliphatic heterocycles. The summed E-state index contributed by atoms with van der Waals surface area (Å²) in [6.07, 6.45) is -0.712. The highest BCUT2D eigenvalue weighted by Crippen LogP contribution is 2.28. The van der Waals surface area contributed by atoms with Gasteiger partial charge < -0.3 is 14.6 Å². The van der Waals surface area contributed by atoms with Gasteiger partial charge in [-0.3, -0.25) is 0 Å². The Kier molecular flexibility index (Phi) is 4.02. The third-order valence-electron chi connectivity index (χ3n) is 2.99. The molecule has 1 atom stereocenters. The van der Waals surface area contributed by atoms with E-state index in [1.165, 1.54) is 7.11 Å². The molecular formula is C15H16O4. The van der Waals surface area contributed by atoms with Crippen molar-refractivity contribution in [2.24, 2.45) is 0 Å². The lowest BCUT2D eigenvalue weighted by molar-refractivity contribution is -0.147. The van der Waals surface area contributed by atoms with Gasteiger partial charge in [-0.05, 0) is 23.8 Å². The van der Waals surface area contributed by atoms with Crippen LogP contribution in [0, 0.1) is 0 Å². The van der Waals surface area contributed by atoms with E-state index >= 15 is 0 Å². The molecule has 0 fully saturated rings. The highest BCUT2D eigenvalue weighted by molar-refractivity contribution is 5.87. The number of esters is 1. The zero-order chi connectivity index (χ0) is 13.8. The summed E-state index contributed by atoms with van der Waals surface area (Å²) in [7, 11) is 1.32. The van der Waals surface area contributed by atoms with Gasteiger partial charge in [-0.15, -0.1) is 0 Å². The van der Waals surface area contributed by atoms with E-state index in [9.17, 15) is 9.90 Å². The van der Waals surface area contributed by atoms with E-state index in [2.05, 4.69) is 4.74 Å². The van der Waals surface area contributed by atoms with E-state index in [1.807, 2.05) is 30.3 Å².